The van der Waals surface area contributed by atoms with E-state index in [0.717, 1.165) is 193 Å². The summed E-state index contributed by atoms with van der Waals surface area (Å²) >= 11 is 0. The molecule has 0 bridgehead atoms. The lowest BCUT2D eigenvalue weighted by Gasteiger charge is -2.42. The molecule has 0 N–H and O–H groups in total. The highest BCUT2D eigenvalue weighted by Crippen LogP contribution is 2.62. The van der Waals surface area contributed by atoms with Gasteiger partial charge < -0.3 is 59.2 Å². The third kappa shape index (κ3) is 20.7. The molecule has 0 radical (unpaired) electrons. The van der Waals surface area contributed by atoms with Gasteiger partial charge in [0.2, 0.25) is 57.0 Å². The molecular weight excluding hydrogens is 1800 g/mol. The Hall–Kier alpha value is -10.2. The van der Waals surface area contributed by atoms with Gasteiger partial charge in [-0.25, -0.2) is 0 Å². The van der Waals surface area contributed by atoms with Crippen molar-refractivity contribution in [3.63, 3.8) is 0 Å². The van der Waals surface area contributed by atoms with Gasteiger partial charge in [0, 0.05) is 34.2 Å². The van der Waals surface area contributed by atoms with E-state index >= 15 is 0 Å². The first-order valence-electron chi connectivity index (χ1n) is 55.4. The monoisotopic (exact) mass is 1970 g/mol. The minimum atomic E-state index is -0.727. The van der Waals surface area contributed by atoms with Crippen LogP contribution >= 0.6 is 0 Å². The van der Waals surface area contributed by atoms with Crippen molar-refractivity contribution in [2.24, 2.45) is 54.7 Å². The van der Waals surface area contributed by atoms with E-state index in [4.69, 9.17) is 33.2 Å². The number of unbranched alkanes of at least 4 members (excludes halogenated alkanes) is 9. The van der Waals surface area contributed by atoms with Crippen LogP contribution in [0.1, 0.15) is 422 Å². The predicted molar refractivity (Wildman–Crippen MR) is 598 cm³/mol. The fourth-order valence-electron chi connectivity index (χ4n) is 28.1. The molecule has 5 aromatic rings. The van der Waals surface area contributed by atoms with Crippen molar-refractivity contribution in [1.82, 2.24) is 0 Å². The lowest BCUT2D eigenvalue weighted by molar-refractivity contribution is -0.362. The maximum absolute atomic E-state index is 13.7. The van der Waals surface area contributed by atoms with Crippen LogP contribution in [0.3, 0.4) is 0 Å². The van der Waals surface area contributed by atoms with Gasteiger partial charge in [0.25, 0.3) is 0 Å². The molecule has 17 aliphatic rings. The Labute approximate surface area is 867 Å². The molecule has 6 aliphatic carbocycles. The summed E-state index contributed by atoms with van der Waals surface area (Å²) in [5.74, 6) is 4.18. The van der Waals surface area contributed by atoms with Crippen molar-refractivity contribution >= 4 is 115 Å². The number of allylic oxidation sites excluding steroid dienone is 9. The molecule has 0 amide bonds. The summed E-state index contributed by atoms with van der Waals surface area (Å²) in [7, 11) is 0. The van der Waals surface area contributed by atoms with E-state index in [1.165, 1.54) is 167 Å². The molecular formula is C128H167N5O12. The number of fused-ring (bicyclic) bond motifs is 20. The number of hydrogen-bond donors (Lipinski definition) is 0. The summed E-state index contributed by atoms with van der Waals surface area (Å²) in [6.07, 6.45) is 67.5. The Morgan fingerprint density at radius 2 is 0.559 bits per heavy atom. The normalized spacial score (nSPS) is 25.0. The lowest BCUT2D eigenvalue weighted by Crippen LogP contribution is -2.43. The fourth-order valence-corrected chi connectivity index (χ4v) is 28.1. The molecule has 2 fully saturated rings. The van der Waals surface area contributed by atoms with E-state index in [1.807, 2.05) is 104 Å². The Morgan fingerprint density at radius 1 is 0.283 bits per heavy atom. The molecule has 1 saturated carbocycles. The Kier molecular flexibility index (Phi) is 27.3. The van der Waals surface area contributed by atoms with Crippen LogP contribution in [0.5, 0.6) is 28.7 Å². The molecule has 2 atom stereocenters. The molecule has 5 aromatic carbocycles. The van der Waals surface area contributed by atoms with E-state index in [-0.39, 0.29) is 76.7 Å². The van der Waals surface area contributed by atoms with Crippen LogP contribution in [0.25, 0.3) is 58.2 Å². The Balaban J connectivity index is 0.000000120. The van der Waals surface area contributed by atoms with E-state index in [0.29, 0.717) is 31.0 Å². The van der Waals surface area contributed by atoms with Gasteiger partial charge in [0.1, 0.15) is 56.8 Å². The number of ether oxygens (including phenoxy) is 7. The van der Waals surface area contributed by atoms with Crippen molar-refractivity contribution in [2.45, 2.75) is 401 Å². The lowest BCUT2D eigenvalue weighted by atomic mass is 9.60. The van der Waals surface area contributed by atoms with Gasteiger partial charge >= 0.3 is 0 Å². The largest absolute Gasteiger partial charge is 0.618 e. The predicted octanol–water partition coefficient (Wildman–Crippen LogP) is 33.8. The molecule has 17 heteroatoms. The van der Waals surface area contributed by atoms with Gasteiger partial charge in [0.05, 0.1) is 126 Å². The number of nitrogens with zero attached hydrogens (tertiary/aromatic N) is 5. The second-order valence-electron chi connectivity index (χ2n) is 53.0. The Morgan fingerprint density at radius 3 is 0.883 bits per heavy atom. The topological polar surface area (TPSA) is 195 Å². The van der Waals surface area contributed by atoms with Crippen molar-refractivity contribution in [3.8, 4) is 28.7 Å². The molecule has 1 spiro atoms. The average Bonchev–Trinajstić information content (AvgIpc) is 1.58. The van der Waals surface area contributed by atoms with Crippen molar-refractivity contribution in [3.05, 3.63) is 203 Å². The first-order chi connectivity index (χ1) is 67.9. The number of hydrogen-bond acceptors (Lipinski definition) is 12. The number of rotatable bonds is 19. The minimum absolute atomic E-state index is 0.0784. The van der Waals surface area contributed by atoms with Gasteiger partial charge in [-0.1, -0.05) is 225 Å². The molecule has 0 aromatic heterocycles. The maximum Gasteiger partial charge on any atom is 0.228 e. The van der Waals surface area contributed by atoms with Crippen LogP contribution in [0.2, 0.25) is 0 Å². The standard InChI is InChI=1S/C31H45NO2.C29H39NO2.C26H35NO2.C21H23NO4.C21H25NO2/c1-7-9-11-13-16-31(17-14-12-10-8-2)21-25-24-19-23-15-18-30(5,6)34-27(23)20-26(24)32(33)28(25)29(3,4)22-31;1-27(2)19-29(5,14-9-12-20-10-7-6-8-11-20)18-23-22-16-21-13-15-28(3,4)32-25(21)17-24(22)30(31)26(23)27;1-7-8-9-10-12-26(6)16-20-19-14-18-11-13-25(4,5)29-22(18)15-21(19)27(28)23(20)24(2,3)17-26;1-19(2)12-21(24-7-8-25-21)11-15-14-9-13-5-6-20(3,4)26-17(13)10-16(14)22(23)18(15)19;1-19(2)11-15-14-9-13-7-8-21(5,6)24-17(13)10-16(14)22(23)18(15)20(3,4)12-19/h15,18-21H,7-14,16-17,22H2,1-6H3;13,15-18,20H,6-12,14,19H2,1-5H3;11,13-16H,7-10,12,17H2,1-6H3;5-6,9-11H,7-8,12H2,1-4H3;7-11H,12H2,1-6H3. The highest BCUT2D eigenvalue weighted by molar-refractivity contribution is 6.31. The zero-order valence-corrected chi connectivity index (χ0v) is 92.9. The van der Waals surface area contributed by atoms with Gasteiger partial charge in [-0.3, -0.25) is 0 Å². The SMILES string of the molecule is CC1(C)C=C2C(=[N+]([O-])c3cc4c(cc32)C=CC(C)(C)O4)C(C)(C)C1.CC1(C)C=Cc2cc3c(cc2O1)[N+]([O-])=C1C3=CC2(CC1(C)C)OCCO2.CC1(CCCC2CCCCC2)C=C2C(=[N+]([O-])c3cc4c(cc32)C=CC(C)(C)O4)C(C)(C)C1.CCCCCCC1(C)C=C2C(=[N+]([O-])c3cc4c(cc32)C=CC(C)(C)O4)C(C)(C)C1.CCCCCCC1(CCCCCC)C=C2C(=[N+]([O-])c3cc4c(cc32)C=CC(C)(C)O4)C(C)(C)C1. The first-order valence-corrected chi connectivity index (χ1v) is 55.4. The van der Waals surface area contributed by atoms with Gasteiger partial charge in [-0.15, -0.1) is 0 Å². The molecule has 1 saturated heterocycles. The van der Waals surface area contributed by atoms with Crippen LogP contribution in [-0.4, -0.2) is 99.3 Å². The molecule has 145 heavy (non-hydrogen) atoms. The zero-order valence-electron chi connectivity index (χ0n) is 92.9. The van der Waals surface area contributed by atoms with Gasteiger partial charge in [-0.2, -0.15) is 23.7 Å². The second-order valence-corrected chi connectivity index (χ2v) is 53.0. The summed E-state index contributed by atoms with van der Waals surface area (Å²) < 4.78 is 48.3. The van der Waals surface area contributed by atoms with Crippen molar-refractivity contribution in [2.75, 3.05) is 13.2 Å². The zero-order chi connectivity index (χ0) is 104. The molecule has 11 heterocycles. The summed E-state index contributed by atoms with van der Waals surface area (Å²) in [5, 5.41) is 66.8. The molecule has 11 aliphatic heterocycles. The van der Waals surface area contributed by atoms with Crippen molar-refractivity contribution in [1.29, 1.82) is 0 Å². The summed E-state index contributed by atoms with van der Waals surface area (Å²) in [6.45, 7) is 59.7. The fraction of sp³-hybridized carbons (Fsp3) is 0.570. The van der Waals surface area contributed by atoms with Gasteiger partial charge in [-0.05, 0) is 284 Å². The highest BCUT2D eigenvalue weighted by atomic mass is 16.7. The van der Waals surface area contributed by atoms with E-state index < -0.39 is 5.79 Å². The van der Waals surface area contributed by atoms with E-state index in [9.17, 15) is 26.0 Å². The van der Waals surface area contributed by atoms with Crippen LogP contribution < -0.4 is 23.7 Å². The van der Waals surface area contributed by atoms with Crippen LogP contribution in [0.4, 0.5) is 28.4 Å². The summed E-state index contributed by atoms with van der Waals surface area (Å²) in [5.41, 5.74) is 21.8. The number of benzene rings is 5. The van der Waals surface area contributed by atoms with E-state index in [2.05, 4.69) is 235 Å². The third-order valence-electron chi connectivity index (χ3n) is 33.8. The second kappa shape index (κ2) is 37.8. The van der Waals surface area contributed by atoms with Crippen LogP contribution in [0.15, 0.2) is 121 Å². The summed E-state index contributed by atoms with van der Waals surface area (Å²) in [4.78, 5) is 0. The smallest absolute Gasteiger partial charge is 0.228 e. The highest BCUT2D eigenvalue weighted by Gasteiger charge is 2.58. The molecule has 17 nitrogen and oxygen atoms in total. The summed E-state index contributed by atoms with van der Waals surface area (Å²) in [6, 6.07) is 20.3. The first kappa shape index (κ1) is 105. The average molecular weight is 1970 g/mol. The van der Waals surface area contributed by atoms with Crippen LogP contribution in [0, 0.1) is 80.7 Å². The quantitative estimate of drug-likeness (QED) is 0.0432. The molecule has 22 rings (SSSR count). The van der Waals surface area contributed by atoms with Crippen LogP contribution in [-0.2, 0) is 9.47 Å². The maximum atomic E-state index is 13.7. The minimum Gasteiger partial charge on any atom is -0.618 e. The van der Waals surface area contributed by atoms with E-state index in [1.54, 1.807) is 0 Å². The van der Waals surface area contributed by atoms with Gasteiger partial charge in [0.15, 0.2) is 5.79 Å². The third-order valence-corrected chi connectivity index (χ3v) is 33.8. The molecule has 776 valence electrons. The van der Waals surface area contributed by atoms with Crippen molar-refractivity contribution < 1.29 is 56.9 Å². The Bertz CT molecular complexity index is 6520. The molecule has 2 unspecified atom stereocenters.